The molecule has 1 aromatic heterocycles. The van der Waals surface area contributed by atoms with Crippen LogP contribution in [0.25, 0.3) is 0 Å². The zero-order valence-corrected chi connectivity index (χ0v) is 13.3. The third-order valence-electron chi connectivity index (χ3n) is 4.02. The van der Waals surface area contributed by atoms with Crippen LogP contribution < -0.4 is 5.73 Å². The fourth-order valence-corrected chi connectivity index (χ4v) is 3.32. The monoisotopic (exact) mass is 309 g/mol. The largest absolute Gasteiger partial charge is 0.368 e. The highest BCUT2D eigenvalue weighted by Gasteiger charge is 2.25. The van der Waals surface area contributed by atoms with Gasteiger partial charge in [0.15, 0.2) is 0 Å². The van der Waals surface area contributed by atoms with Crippen molar-refractivity contribution in [3.8, 4) is 0 Å². The minimum absolute atomic E-state index is 0.220. The third-order valence-corrected chi connectivity index (χ3v) is 4.96. The van der Waals surface area contributed by atoms with Crippen molar-refractivity contribution in [2.75, 3.05) is 26.2 Å². The van der Waals surface area contributed by atoms with E-state index >= 15 is 0 Å². The van der Waals surface area contributed by atoms with E-state index in [0.29, 0.717) is 19.5 Å². The molecule has 0 aromatic carbocycles. The van der Waals surface area contributed by atoms with E-state index in [1.807, 2.05) is 22.8 Å². The Morgan fingerprint density at radius 3 is 2.62 bits per heavy atom. The number of nitrogens with zero attached hydrogens (tertiary/aromatic N) is 2. The SMILES string of the molecule is CC(C(N)=O)N1CCN(C(=O)CCCc2cccs2)CC1. The predicted octanol–water partition coefficient (Wildman–Crippen LogP) is 1.09. The van der Waals surface area contributed by atoms with Gasteiger partial charge in [-0.1, -0.05) is 6.07 Å². The number of rotatable bonds is 6. The van der Waals surface area contributed by atoms with Gasteiger partial charge >= 0.3 is 0 Å². The first kappa shape index (κ1) is 16.0. The van der Waals surface area contributed by atoms with Crippen molar-refractivity contribution >= 4 is 23.2 Å². The molecule has 2 amide bonds. The Labute approximate surface area is 129 Å². The lowest BCUT2D eigenvalue weighted by Crippen LogP contribution is -2.54. The summed E-state index contributed by atoms with van der Waals surface area (Å²) in [5.74, 6) is -0.0799. The van der Waals surface area contributed by atoms with Gasteiger partial charge in [-0.2, -0.15) is 0 Å². The van der Waals surface area contributed by atoms with E-state index in [1.165, 1.54) is 4.88 Å². The first-order chi connectivity index (χ1) is 10.1. The van der Waals surface area contributed by atoms with Crippen molar-refractivity contribution in [3.63, 3.8) is 0 Å². The second-order valence-electron chi connectivity index (χ2n) is 5.43. The van der Waals surface area contributed by atoms with Crippen molar-refractivity contribution in [1.29, 1.82) is 0 Å². The van der Waals surface area contributed by atoms with Crippen molar-refractivity contribution in [2.24, 2.45) is 5.73 Å². The Morgan fingerprint density at radius 1 is 1.33 bits per heavy atom. The summed E-state index contributed by atoms with van der Waals surface area (Å²) in [6.07, 6.45) is 2.47. The molecule has 2 heterocycles. The number of amides is 2. The maximum Gasteiger partial charge on any atom is 0.234 e. The number of hydrogen-bond donors (Lipinski definition) is 1. The van der Waals surface area contributed by atoms with E-state index in [1.54, 1.807) is 11.3 Å². The van der Waals surface area contributed by atoms with Gasteiger partial charge in [0.25, 0.3) is 0 Å². The van der Waals surface area contributed by atoms with Crippen LogP contribution in [0.3, 0.4) is 0 Å². The van der Waals surface area contributed by atoms with E-state index in [4.69, 9.17) is 5.73 Å². The molecule has 1 aliphatic heterocycles. The van der Waals surface area contributed by atoms with Gasteiger partial charge in [0, 0.05) is 37.5 Å². The van der Waals surface area contributed by atoms with Gasteiger partial charge in [-0.05, 0) is 31.2 Å². The lowest BCUT2D eigenvalue weighted by molar-refractivity contribution is -0.134. The van der Waals surface area contributed by atoms with Gasteiger partial charge in [-0.25, -0.2) is 0 Å². The standard InChI is InChI=1S/C15H23N3O2S/c1-12(15(16)20)17-7-9-18(10-8-17)14(19)6-2-4-13-5-3-11-21-13/h3,5,11-12H,2,4,6-10H2,1H3,(H2,16,20). The number of primary amides is 1. The molecule has 6 heteroatoms. The molecule has 116 valence electrons. The lowest BCUT2D eigenvalue weighted by Gasteiger charge is -2.37. The van der Waals surface area contributed by atoms with Crippen LogP contribution in [0.15, 0.2) is 17.5 Å². The second kappa shape index (κ2) is 7.56. The summed E-state index contributed by atoms with van der Waals surface area (Å²) >= 11 is 1.74. The highest BCUT2D eigenvalue weighted by Crippen LogP contribution is 2.13. The van der Waals surface area contributed by atoms with Crippen LogP contribution in [0.2, 0.25) is 0 Å². The van der Waals surface area contributed by atoms with Gasteiger partial charge in [-0.3, -0.25) is 14.5 Å². The smallest absolute Gasteiger partial charge is 0.234 e. The molecule has 0 aliphatic carbocycles. The Bertz CT molecular complexity index is 467. The topological polar surface area (TPSA) is 66.6 Å². The van der Waals surface area contributed by atoms with Crippen LogP contribution in [0.4, 0.5) is 0 Å². The molecule has 1 fully saturated rings. The summed E-state index contributed by atoms with van der Waals surface area (Å²) in [4.78, 5) is 28.6. The summed E-state index contributed by atoms with van der Waals surface area (Å²) in [6, 6.07) is 3.90. The number of carbonyl (C=O) groups is 2. The quantitative estimate of drug-likeness (QED) is 0.855. The Morgan fingerprint density at radius 2 is 2.05 bits per heavy atom. The molecule has 21 heavy (non-hydrogen) atoms. The van der Waals surface area contributed by atoms with Crippen LogP contribution in [0.5, 0.6) is 0 Å². The Kier molecular flexibility index (Phi) is 5.76. The molecule has 5 nitrogen and oxygen atoms in total. The van der Waals surface area contributed by atoms with E-state index in [9.17, 15) is 9.59 Å². The average molecular weight is 309 g/mol. The van der Waals surface area contributed by atoms with E-state index in [0.717, 1.165) is 25.9 Å². The van der Waals surface area contributed by atoms with E-state index in [2.05, 4.69) is 11.4 Å². The minimum Gasteiger partial charge on any atom is -0.368 e. The second-order valence-corrected chi connectivity index (χ2v) is 6.46. The highest BCUT2D eigenvalue weighted by atomic mass is 32.1. The molecule has 1 aliphatic rings. The lowest BCUT2D eigenvalue weighted by atomic mass is 10.1. The maximum atomic E-state index is 12.2. The van der Waals surface area contributed by atoms with Crippen molar-refractivity contribution in [2.45, 2.75) is 32.2 Å². The molecular weight excluding hydrogens is 286 g/mol. The van der Waals surface area contributed by atoms with Crippen molar-refractivity contribution in [1.82, 2.24) is 9.80 Å². The Hall–Kier alpha value is -1.40. The Balaban J connectivity index is 1.69. The molecule has 0 spiro atoms. The number of carbonyl (C=O) groups excluding carboxylic acids is 2. The number of thiophene rings is 1. The van der Waals surface area contributed by atoms with Crippen molar-refractivity contribution < 1.29 is 9.59 Å². The van der Waals surface area contributed by atoms with Crippen LogP contribution in [0, 0.1) is 0 Å². The van der Waals surface area contributed by atoms with Crippen LogP contribution in [0.1, 0.15) is 24.6 Å². The van der Waals surface area contributed by atoms with E-state index in [-0.39, 0.29) is 17.9 Å². The molecule has 2 N–H and O–H groups in total. The molecule has 1 unspecified atom stereocenters. The van der Waals surface area contributed by atoms with Gasteiger partial charge in [0.1, 0.15) is 0 Å². The summed E-state index contributed by atoms with van der Waals surface area (Å²) < 4.78 is 0. The fourth-order valence-electron chi connectivity index (χ4n) is 2.57. The predicted molar refractivity (Wildman–Crippen MR) is 84.1 cm³/mol. The zero-order chi connectivity index (χ0) is 15.2. The summed E-state index contributed by atoms with van der Waals surface area (Å²) in [6.45, 7) is 4.65. The highest BCUT2D eigenvalue weighted by molar-refractivity contribution is 7.09. The molecule has 0 bridgehead atoms. The van der Waals surface area contributed by atoms with Crippen LogP contribution in [-0.2, 0) is 16.0 Å². The molecule has 0 radical (unpaired) electrons. The number of piperazine rings is 1. The number of aryl methyl sites for hydroxylation is 1. The maximum absolute atomic E-state index is 12.2. The molecule has 1 saturated heterocycles. The first-order valence-electron chi connectivity index (χ1n) is 7.41. The van der Waals surface area contributed by atoms with Gasteiger partial charge < -0.3 is 10.6 Å². The van der Waals surface area contributed by atoms with Crippen molar-refractivity contribution in [3.05, 3.63) is 22.4 Å². The van der Waals surface area contributed by atoms with Gasteiger partial charge in [-0.15, -0.1) is 11.3 Å². The van der Waals surface area contributed by atoms with E-state index < -0.39 is 0 Å². The summed E-state index contributed by atoms with van der Waals surface area (Å²) in [7, 11) is 0. The first-order valence-corrected chi connectivity index (χ1v) is 8.29. The molecule has 1 atom stereocenters. The third kappa shape index (κ3) is 4.54. The van der Waals surface area contributed by atoms with Crippen LogP contribution in [-0.4, -0.2) is 53.8 Å². The average Bonchev–Trinajstić information content (AvgIpc) is 2.99. The molecular formula is C15H23N3O2S. The van der Waals surface area contributed by atoms with Crippen LogP contribution >= 0.6 is 11.3 Å². The minimum atomic E-state index is -0.300. The summed E-state index contributed by atoms with van der Waals surface area (Å²) in [5, 5.41) is 2.07. The number of nitrogens with two attached hydrogens (primary N) is 1. The molecule has 0 saturated carbocycles. The number of hydrogen-bond acceptors (Lipinski definition) is 4. The fraction of sp³-hybridized carbons (Fsp3) is 0.600. The molecule has 2 rings (SSSR count). The summed E-state index contributed by atoms with van der Waals surface area (Å²) in [5.41, 5.74) is 5.31. The van der Waals surface area contributed by atoms with Gasteiger partial charge in [0.2, 0.25) is 11.8 Å². The van der Waals surface area contributed by atoms with Gasteiger partial charge in [0.05, 0.1) is 6.04 Å². The zero-order valence-electron chi connectivity index (χ0n) is 12.5. The molecule has 1 aromatic rings. The normalized spacial score (nSPS) is 17.7.